The highest BCUT2D eigenvalue weighted by Crippen LogP contribution is 2.07. The Bertz CT molecular complexity index is 153. The molecular formula is C8H15NS. The normalized spacial score (nSPS) is 8.40. The lowest BCUT2D eigenvalue weighted by molar-refractivity contribution is 1.09. The van der Waals surface area contributed by atoms with E-state index in [4.69, 9.17) is 0 Å². The number of aromatic nitrogens is 1. The fourth-order valence-corrected chi connectivity index (χ4v) is 1.14. The molecule has 0 fully saturated rings. The molecule has 0 N–H and O–H groups in total. The summed E-state index contributed by atoms with van der Waals surface area (Å²) < 4.78 is 0. The largest absolute Gasteiger partial charge is 0.250 e. The lowest BCUT2D eigenvalue weighted by Gasteiger charge is -1.68. The van der Waals surface area contributed by atoms with Crippen molar-refractivity contribution >= 4 is 11.3 Å². The molecule has 0 aromatic carbocycles. The van der Waals surface area contributed by atoms with Gasteiger partial charge in [-0.05, 0) is 13.8 Å². The molecule has 0 saturated carbocycles. The van der Waals surface area contributed by atoms with Crippen molar-refractivity contribution in [2.75, 3.05) is 0 Å². The average Bonchev–Trinajstić information content (AvgIpc) is 2.17. The van der Waals surface area contributed by atoms with Crippen LogP contribution in [0.4, 0.5) is 0 Å². The number of rotatable bonds is 0. The third-order valence-electron chi connectivity index (χ3n) is 0.737. The fourth-order valence-electron chi connectivity index (χ4n) is 0.467. The van der Waals surface area contributed by atoms with Gasteiger partial charge in [-0.2, -0.15) is 0 Å². The molecule has 0 amide bonds. The molecule has 0 bridgehead atoms. The van der Waals surface area contributed by atoms with Crippen molar-refractivity contribution in [3.63, 3.8) is 0 Å². The van der Waals surface area contributed by atoms with E-state index in [0.29, 0.717) is 0 Å². The highest BCUT2D eigenvalue weighted by molar-refractivity contribution is 7.11. The van der Waals surface area contributed by atoms with Gasteiger partial charge in [0, 0.05) is 11.1 Å². The standard InChI is InChI=1S/C5H7NS.C3H8/c1-4-3-6-5(2)7-4;1-3-2/h3H,1-2H3;3H2,1-2H3. The van der Waals surface area contributed by atoms with E-state index in [0.717, 1.165) is 5.01 Å². The van der Waals surface area contributed by atoms with Crippen molar-refractivity contribution in [1.82, 2.24) is 4.98 Å². The van der Waals surface area contributed by atoms with Crippen LogP contribution in [-0.2, 0) is 0 Å². The molecule has 1 aromatic heterocycles. The van der Waals surface area contributed by atoms with E-state index >= 15 is 0 Å². The summed E-state index contributed by atoms with van der Waals surface area (Å²) in [5.74, 6) is 0. The summed E-state index contributed by atoms with van der Waals surface area (Å²) in [6.07, 6.45) is 3.14. The van der Waals surface area contributed by atoms with Crippen molar-refractivity contribution in [1.29, 1.82) is 0 Å². The summed E-state index contributed by atoms with van der Waals surface area (Å²) in [5.41, 5.74) is 0. The minimum absolute atomic E-state index is 1.15. The summed E-state index contributed by atoms with van der Waals surface area (Å²) in [7, 11) is 0. The molecule has 0 aliphatic heterocycles. The van der Waals surface area contributed by atoms with Gasteiger partial charge in [0.05, 0.1) is 5.01 Å². The van der Waals surface area contributed by atoms with Crippen LogP contribution in [-0.4, -0.2) is 4.98 Å². The van der Waals surface area contributed by atoms with Gasteiger partial charge in [0.1, 0.15) is 0 Å². The highest BCUT2D eigenvalue weighted by Gasteiger charge is 1.86. The number of aryl methyl sites for hydroxylation is 2. The Morgan fingerprint density at radius 1 is 1.40 bits per heavy atom. The molecule has 0 saturated heterocycles. The Balaban J connectivity index is 0.000000236. The lowest BCUT2D eigenvalue weighted by Crippen LogP contribution is -1.57. The summed E-state index contributed by atoms with van der Waals surface area (Å²) >= 11 is 1.73. The van der Waals surface area contributed by atoms with Crippen molar-refractivity contribution in [2.45, 2.75) is 34.1 Å². The van der Waals surface area contributed by atoms with E-state index in [2.05, 4.69) is 25.8 Å². The van der Waals surface area contributed by atoms with Gasteiger partial charge >= 0.3 is 0 Å². The van der Waals surface area contributed by atoms with Crippen molar-refractivity contribution in [3.05, 3.63) is 16.1 Å². The molecule has 1 aromatic rings. The molecule has 0 aliphatic rings. The van der Waals surface area contributed by atoms with Gasteiger partial charge in [-0.3, -0.25) is 0 Å². The van der Waals surface area contributed by atoms with Gasteiger partial charge in [0.2, 0.25) is 0 Å². The maximum Gasteiger partial charge on any atom is 0.0896 e. The van der Waals surface area contributed by atoms with Gasteiger partial charge in [-0.25, -0.2) is 4.98 Å². The van der Waals surface area contributed by atoms with Crippen LogP contribution in [0.1, 0.15) is 30.2 Å². The second-order valence-electron chi connectivity index (χ2n) is 2.20. The highest BCUT2D eigenvalue weighted by atomic mass is 32.1. The lowest BCUT2D eigenvalue weighted by atomic mass is 10.6. The van der Waals surface area contributed by atoms with E-state index in [1.807, 2.05) is 13.1 Å². The molecule has 0 spiro atoms. The molecule has 0 aliphatic carbocycles. The van der Waals surface area contributed by atoms with E-state index in [9.17, 15) is 0 Å². The van der Waals surface area contributed by atoms with Crippen LogP contribution in [0.5, 0.6) is 0 Å². The predicted octanol–water partition coefficient (Wildman–Crippen LogP) is 3.18. The van der Waals surface area contributed by atoms with Crippen LogP contribution >= 0.6 is 11.3 Å². The Kier molecular flexibility index (Phi) is 5.22. The van der Waals surface area contributed by atoms with Crippen LogP contribution < -0.4 is 0 Å². The Morgan fingerprint density at radius 3 is 2.00 bits per heavy atom. The number of nitrogens with zero attached hydrogens (tertiary/aromatic N) is 1. The number of thiazole rings is 1. The van der Waals surface area contributed by atoms with E-state index < -0.39 is 0 Å². The average molecular weight is 157 g/mol. The topological polar surface area (TPSA) is 12.9 Å². The Morgan fingerprint density at radius 2 is 1.90 bits per heavy atom. The predicted molar refractivity (Wildman–Crippen MR) is 47.6 cm³/mol. The van der Waals surface area contributed by atoms with Gasteiger partial charge in [-0.1, -0.05) is 20.3 Å². The van der Waals surface area contributed by atoms with Gasteiger partial charge in [-0.15, -0.1) is 11.3 Å². The first-order chi connectivity index (χ1) is 4.70. The minimum atomic E-state index is 1.15. The SMILES string of the molecule is CCC.Cc1cnc(C)s1. The van der Waals surface area contributed by atoms with Gasteiger partial charge < -0.3 is 0 Å². The third kappa shape index (κ3) is 4.50. The van der Waals surface area contributed by atoms with E-state index in [-0.39, 0.29) is 0 Å². The van der Waals surface area contributed by atoms with E-state index in [1.165, 1.54) is 11.3 Å². The molecule has 0 radical (unpaired) electrons. The Hall–Kier alpha value is -0.370. The second-order valence-corrected chi connectivity index (χ2v) is 3.64. The zero-order valence-corrected chi connectivity index (χ0v) is 7.96. The smallest absolute Gasteiger partial charge is 0.0896 e. The molecule has 0 unspecified atom stereocenters. The fraction of sp³-hybridized carbons (Fsp3) is 0.625. The van der Waals surface area contributed by atoms with Gasteiger partial charge in [0.25, 0.3) is 0 Å². The zero-order valence-electron chi connectivity index (χ0n) is 7.14. The summed E-state index contributed by atoms with van der Waals surface area (Å²) in [6, 6.07) is 0. The maximum atomic E-state index is 4.03. The van der Waals surface area contributed by atoms with Crippen LogP contribution in [0.2, 0.25) is 0 Å². The van der Waals surface area contributed by atoms with Crippen molar-refractivity contribution < 1.29 is 0 Å². The first-order valence-corrected chi connectivity index (χ1v) is 4.41. The molecular weight excluding hydrogens is 142 g/mol. The summed E-state index contributed by atoms with van der Waals surface area (Å²) in [4.78, 5) is 5.32. The summed E-state index contributed by atoms with van der Waals surface area (Å²) in [5, 5.41) is 1.15. The summed E-state index contributed by atoms with van der Waals surface area (Å²) in [6.45, 7) is 8.32. The van der Waals surface area contributed by atoms with Crippen LogP contribution in [0.15, 0.2) is 6.20 Å². The number of hydrogen-bond acceptors (Lipinski definition) is 2. The quantitative estimate of drug-likeness (QED) is 0.563. The van der Waals surface area contributed by atoms with Crippen LogP contribution in [0, 0.1) is 13.8 Å². The molecule has 58 valence electrons. The third-order valence-corrected chi connectivity index (χ3v) is 1.57. The molecule has 2 heteroatoms. The number of hydrogen-bond donors (Lipinski definition) is 0. The maximum absolute atomic E-state index is 4.03. The first-order valence-electron chi connectivity index (χ1n) is 3.59. The van der Waals surface area contributed by atoms with E-state index in [1.54, 1.807) is 11.3 Å². The monoisotopic (exact) mass is 157 g/mol. The van der Waals surface area contributed by atoms with Crippen molar-refractivity contribution in [2.24, 2.45) is 0 Å². The Labute approximate surface area is 67.1 Å². The van der Waals surface area contributed by atoms with Gasteiger partial charge in [0.15, 0.2) is 0 Å². The molecule has 1 nitrogen and oxygen atoms in total. The molecule has 1 heterocycles. The van der Waals surface area contributed by atoms with Crippen LogP contribution in [0.25, 0.3) is 0 Å². The van der Waals surface area contributed by atoms with Crippen LogP contribution in [0.3, 0.4) is 0 Å². The second kappa shape index (κ2) is 5.42. The van der Waals surface area contributed by atoms with Crippen molar-refractivity contribution in [3.8, 4) is 0 Å². The molecule has 1 rings (SSSR count). The first kappa shape index (κ1) is 9.63. The zero-order chi connectivity index (χ0) is 7.98. The molecule has 10 heavy (non-hydrogen) atoms. The molecule has 0 atom stereocenters. The minimum Gasteiger partial charge on any atom is -0.250 e.